The Morgan fingerprint density at radius 2 is 1.36 bits per heavy atom. The summed E-state index contributed by atoms with van der Waals surface area (Å²) in [5, 5.41) is 3.03. The number of alkyl halides is 1. The third-order valence-electron chi connectivity index (χ3n) is 5.72. The van der Waals surface area contributed by atoms with Crippen LogP contribution in [0.25, 0.3) is 0 Å². The summed E-state index contributed by atoms with van der Waals surface area (Å²) >= 11 is 3.08. The second kappa shape index (κ2) is 24.7. The summed E-state index contributed by atoms with van der Waals surface area (Å²) < 4.78 is 30.8. The van der Waals surface area contributed by atoms with Crippen LogP contribution in [-0.4, -0.2) is 55.3 Å². The predicted molar refractivity (Wildman–Crippen MR) is 145 cm³/mol. The highest BCUT2D eigenvalue weighted by atomic mass is 79.9. The number of phosphoric acid groups is 1. The van der Waals surface area contributed by atoms with Crippen LogP contribution in [0.3, 0.4) is 0 Å². The molecule has 0 heterocycles. The Kier molecular flexibility index (Phi) is 24.2. The molecule has 0 saturated heterocycles. The summed E-state index contributed by atoms with van der Waals surface area (Å²) in [7, 11) is -3.14. The summed E-state index contributed by atoms with van der Waals surface area (Å²) in [6.07, 6.45) is 17.3. The molecule has 36 heavy (non-hydrogen) atoms. The molecule has 0 aromatic carbocycles. The minimum absolute atomic E-state index is 0.0215. The van der Waals surface area contributed by atoms with Crippen LogP contribution < -0.4 is 5.32 Å². The number of rotatable bonds is 25. The van der Waals surface area contributed by atoms with Gasteiger partial charge in [-0.1, -0.05) is 113 Å². The molecule has 0 aliphatic heterocycles. The summed E-state index contributed by atoms with van der Waals surface area (Å²) in [5.41, 5.74) is 0. The molecule has 11 heteroatoms. The maximum Gasteiger partial charge on any atom is 0.508 e. The molecular weight excluding hydrogens is 553 g/mol. The zero-order chi connectivity index (χ0) is 26.9. The largest absolute Gasteiger partial charge is 0.508 e. The van der Waals surface area contributed by atoms with Crippen LogP contribution in [0.4, 0.5) is 4.79 Å². The van der Waals surface area contributed by atoms with Gasteiger partial charge in [-0.05, 0) is 6.42 Å². The van der Waals surface area contributed by atoms with Crippen molar-refractivity contribution in [1.82, 2.24) is 5.32 Å². The minimum Gasteiger partial charge on any atom is -0.438 e. The highest BCUT2D eigenvalue weighted by Gasteiger charge is 2.25. The zero-order valence-corrected chi connectivity index (χ0v) is 24.8. The van der Waals surface area contributed by atoms with Gasteiger partial charge in [-0.2, -0.15) is 0 Å². The lowest BCUT2D eigenvalue weighted by Crippen LogP contribution is -2.37. The number of nitrogens with one attached hydrogen (secondary N) is 1. The first-order valence-corrected chi connectivity index (χ1v) is 16.2. The van der Waals surface area contributed by atoms with E-state index in [2.05, 4.69) is 32.9 Å². The standard InChI is InChI=1S/C25H49BrNO8P/c1-3-4-5-6-7-8-9-10-11-12-13-14-15-16-17-18-24(28)27-21-23(35-25(29)32-2)22-34-36(30,31)33-20-19-26/h23H,3-22H2,1-2H3,(H,27,28)(H,30,31). The van der Waals surface area contributed by atoms with Gasteiger partial charge in [0.15, 0.2) is 0 Å². The smallest absolute Gasteiger partial charge is 0.438 e. The quantitative estimate of drug-likeness (QED) is 0.0494. The Morgan fingerprint density at radius 1 is 0.861 bits per heavy atom. The fourth-order valence-electron chi connectivity index (χ4n) is 3.66. The molecule has 0 aromatic heterocycles. The summed E-state index contributed by atoms with van der Waals surface area (Å²) in [5.74, 6) is -0.175. The van der Waals surface area contributed by atoms with Gasteiger partial charge in [0.05, 0.1) is 26.9 Å². The number of carbonyl (C=O) groups excluding carboxylic acids is 2. The first-order valence-electron chi connectivity index (χ1n) is 13.5. The van der Waals surface area contributed by atoms with Gasteiger partial charge in [0.2, 0.25) is 5.91 Å². The number of halogens is 1. The first-order chi connectivity index (χ1) is 17.3. The van der Waals surface area contributed by atoms with Crippen LogP contribution in [0.15, 0.2) is 0 Å². The second-order valence-corrected chi connectivity index (χ2v) is 11.2. The molecule has 2 atom stereocenters. The van der Waals surface area contributed by atoms with Crippen LogP contribution in [-0.2, 0) is 27.9 Å². The van der Waals surface area contributed by atoms with Crippen molar-refractivity contribution in [2.75, 3.05) is 32.2 Å². The second-order valence-electron chi connectivity index (χ2n) is 8.98. The van der Waals surface area contributed by atoms with E-state index in [4.69, 9.17) is 13.8 Å². The summed E-state index contributed by atoms with van der Waals surface area (Å²) in [6, 6.07) is 0. The van der Waals surface area contributed by atoms with Crippen LogP contribution in [0.5, 0.6) is 0 Å². The SMILES string of the molecule is CCCCCCCCCCCCCCCCCC(=O)NCC(COP(=O)(O)OCCBr)OC(=O)OC. The third-order valence-corrected chi connectivity index (χ3v) is 7.03. The monoisotopic (exact) mass is 601 g/mol. The van der Waals surface area contributed by atoms with Crippen molar-refractivity contribution in [3.8, 4) is 0 Å². The molecule has 0 aliphatic carbocycles. The Morgan fingerprint density at radius 3 is 1.83 bits per heavy atom. The number of ether oxygens (including phenoxy) is 2. The molecule has 0 bridgehead atoms. The maximum absolute atomic E-state index is 12.1. The molecular formula is C25H49BrNO8P. The highest BCUT2D eigenvalue weighted by molar-refractivity contribution is 9.09. The van der Waals surface area contributed by atoms with E-state index in [-0.39, 0.29) is 19.1 Å². The topological polar surface area (TPSA) is 120 Å². The van der Waals surface area contributed by atoms with Gasteiger partial charge in [-0.15, -0.1) is 0 Å². The normalized spacial score (nSPS) is 13.7. The van der Waals surface area contributed by atoms with E-state index in [9.17, 15) is 19.0 Å². The van der Waals surface area contributed by atoms with Crippen LogP contribution in [0.1, 0.15) is 110 Å². The molecule has 0 radical (unpaired) electrons. The number of phosphoric ester groups is 1. The van der Waals surface area contributed by atoms with Gasteiger partial charge in [0, 0.05) is 11.8 Å². The highest BCUT2D eigenvalue weighted by Crippen LogP contribution is 2.43. The van der Waals surface area contributed by atoms with E-state index in [0.29, 0.717) is 11.8 Å². The fraction of sp³-hybridized carbons (Fsp3) is 0.920. The molecule has 0 saturated carbocycles. The summed E-state index contributed by atoms with van der Waals surface area (Å²) in [4.78, 5) is 33.1. The van der Waals surface area contributed by atoms with E-state index in [1.807, 2.05) is 0 Å². The van der Waals surface area contributed by atoms with Crippen molar-refractivity contribution in [1.29, 1.82) is 0 Å². The molecule has 2 N–H and O–H groups in total. The van der Waals surface area contributed by atoms with Gasteiger partial charge in [0.1, 0.15) is 6.10 Å². The predicted octanol–water partition coefficient (Wildman–Crippen LogP) is 7.04. The van der Waals surface area contributed by atoms with Gasteiger partial charge >= 0.3 is 14.0 Å². The van der Waals surface area contributed by atoms with E-state index in [1.165, 1.54) is 77.0 Å². The lowest BCUT2D eigenvalue weighted by atomic mass is 10.0. The molecule has 0 aromatic rings. The van der Waals surface area contributed by atoms with Gasteiger partial charge < -0.3 is 19.7 Å². The summed E-state index contributed by atoms with van der Waals surface area (Å²) in [6.45, 7) is 1.74. The molecule has 0 spiro atoms. The van der Waals surface area contributed by atoms with Crippen molar-refractivity contribution in [3.05, 3.63) is 0 Å². The number of unbranched alkanes of at least 4 members (excludes halogenated alkanes) is 14. The van der Waals surface area contributed by atoms with E-state index in [0.717, 1.165) is 26.4 Å². The van der Waals surface area contributed by atoms with Crippen molar-refractivity contribution in [3.63, 3.8) is 0 Å². The van der Waals surface area contributed by atoms with E-state index >= 15 is 0 Å². The minimum atomic E-state index is -4.28. The fourth-order valence-corrected chi connectivity index (χ4v) is 4.82. The molecule has 0 fully saturated rings. The maximum atomic E-state index is 12.1. The number of hydrogen-bond acceptors (Lipinski definition) is 7. The Labute approximate surface area is 226 Å². The van der Waals surface area contributed by atoms with Crippen molar-refractivity contribution in [2.45, 2.75) is 116 Å². The Hall–Kier alpha value is -0.670. The lowest BCUT2D eigenvalue weighted by Gasteiger charge is -2.19. The van der Waals surface area contributed by atoms with E-state index < -0.39 is 26.7 Å². The zero-order valence-electron chi connectivity index (χ0n) is 22.3. The van der Waals surface area contributed by atoms with Crippen molar-refractivity contribution >= 4 is 35.8 Å². The Balaban J connectivity index is 3.83. The van der Waals surface area contributed by atoms with Crippen molar-refractivity contribution < 1.29 is 37.6 Å². The number of hydrogen-bond donors (Lipinski definition) is 2. The Bertz CT molecular complexity index is 596. The molecule has 0 aliphatic rings. The number of carbonyl (C=O) groups is 2. The van der Waals surface area contributed by atoms with Crippen LogP contribution in [0.2, 0.25) is 0 Å². The number of methoxy groups -OCH3 is 1. The van der Waals surface area contributed by atoms with Crippen LogP contribution in [0, 0.1) is 0 Å². The number of amides is 1. The molecule has 9 nitrogen and oxygen atoms in total. The molecule has 2 unspecified atom stereocenters. The lowest BCUT2D eigenvalue weighted by molar-refractivity contribution is -0.121. The average Bonchev–Trinajstić information content (AvgIpc) is 2.86. The molecule has 1 amide bonds. The molecule has 0 rings (SSSR count). The van der Waals surface area contributed by atoms with Gasteiger partial charge in [-0.25, -0.2) is 9.36 Å². The van der Waals surface area contributed by atoms with Gasteiger partial charge in [-0.3, -0.25) is 13.8 Å². The average molecular weight is 603 g/mol. The third kappa shape index (κ3) is 23.7. The van der Waals surface area contributed by atoms with Crippen molar-refractivity contribution in [2.24, 2.45) is 0 Å². The van der Waals surface area contributed by atoms with Gasteiger partial charge in [0.25, 0.3) is 0 Å². The van der Waals surface area contributed by atoms with Crippen LogP contribution >= 0.6 is 23.8 Å². The van der Waals surface area contributed by atoms with E-state index in [1.54, 1.807) is 0 Å². The molecule has 214 valence electrons. The first kappa shape index (κ1) is 35.3.